The molecule has 1 aliphatic rings. The van der Waals surface area contributed by atoms with Gasteiger partial charge in [0, 0.05) is 20.2 Å². The lowest BCUT2D eigenvalue weighted by molar-refractivity contribution is 0.0898. The van der Waals surface area contributed by atoms with E-state index < -0.39 is 0 Å². The Balaban J connectivity index is 2.21. The van der Waals surface area contributed by atoms with Crippen molar-refractivity contribution >= 4 is 0 Å². The fourth-order valence-electron chi connectivity index (χ4n) is 2.11. The predicted molar refractivity (Wildman–Crippen MR) is 59.2 cm³/mol. The summed E-state index contributed by atoms with van der Waals surface area (Å²) in [6, 6.07) is 1.76. The summed E-state index contributed by atoms with van der Waals surface area (Å²) in [5, 5.41) is 8.59. The Morgan fingerprint density at radius 3 is 3.13 bits per heavy atom. The molecule has 0 amide bonds. The SMILES string of the molecule is COCC1CCCN(CCC(N)C#N)C1. The van der Waals surface area contributed by atoms with Gasteiger partial charge in [-0.2, -0.15) is 5.26 Å². The summed E-state index contributed by atoms with van der Waals surface area (Å²) < 4.78 is 5.17. The highest BCUT2D eigenvalue weighted by Crippen LogP contribution is 2.16. The van der Waals surface area contributed by atoms with E-state index in [4.69, 9.17) is 15.7 Å². The van der Waals surface area contributed by atoms with E-state index >= 15 is 0 Å². The highest BCUT2D eigenvalue weighted by atomic mass is 16.5. The molecule has 2 atom stereocenters. The number of hydrogen-bond acceptors (Lipinski definition) is 4. The van der Waals surface area contributed by atoms with Gasteiger partial charge in [0.05, 0.1) is 18.7 Å². The van der Waals surface area contributed by atoms with Crippen molar-refractivity contribution in [1.29, 1.82) is 5.26 Å². The molecule has 0 aromatic carbocycles. The maximum atomic E-state index is 8.59. The lowest BCUT2D eigenvalue weighted by Gasteiger charge is -2.32. The van der Waals surface area contributed by atoms with Crippen LogP contribution in [0.2, 0.25) is 0 Å². The first-order valence-corrected chi connectivity index (χ1v) is 5.62. The average Bonchev–Trinajstić information content (AvgIpc) is 2.27. The van der Waals surface area contributed by atoms with Crippen LogP contribution in [0.1, 0.15) is 19.3 Å². The van der Waals surface area contributed by atoms with E-state index in [0.29, 0.717) is 5.92 Å². The number of hydrogen-bond donors (Lipinski definition) is 1. The molecule has 0 radical (unpaired) electrons. The van der Waals surface area contributed by atoms with Gasteiger partial charge in [-0.25, -0.2) is 0 Å². The van der Waals surface area contributed by atoms with E-state index in [-0.39, 0.29) is 6.04 Å². The zero-order valence-electron chi connectivity index (χ0n) is 9.48. The molecule has 0 saturated carbocycles. The van der Waals surface area contributed by atoms with E-state index in [9.17, 15) is 0 Å². The second-order valence-corrected chi connectivity index (χ2v) is 4.29. The Morgan fingerprint density at radius 1 is 1.67 bits per heavy atom. The number of likely N-dealkylation sites (tertiary alicyclic amines) is 1. The quantitative estimate of drug-likeness (QED) is 0.723. The normalized spacial score (nSPS) is 24.7. The Hall–Kier alpha value is -0.630. The summed E-state index contributed by atoms with van der Waals surface area (Å²) in [7, 11) is 1.75. The van der Waals surface area contributed by atoms with E-state index in [0.717, 1.165) is 32.7 Å². The van der Waals surface area contributed by atoms with Gasteiger partial charge in [-0.1, -0.05) is 0 Å². The fourth-order valence-corrected chi connectivity index (χ4v) is 2.11. The molecule has 0 spiro atoms. The minimum Gasteiger partial charge on any atom is -0.384 e. The van der Waals surface area contributed by atoms with Gasteiger partial charge >= 0.3 is 0 Å². The van der Waals surface area contributed by atoms with Gasteiger partial charge in [0.25, 0.3) is 0 Å². The molecule has 15 heavy (non-hydrogen) atoms. The van der Waals surface area contributed by atoms with Crippen LogP contribution in [0.5, 0.6) is 0 Å². The molecule has 1 rings (SSSR count). The van der Waals surface area contributed by atoms with Gasteiger partial charge in [0.2, 0.25) is 0 Å². The smallest absolute Gasteiger partial charge is 0.0940 e. The van der Waals surface area contributed by atoms with Crippen LogP contribution in [0, 0.1) is 17.2 Å². The summed E-state index contributed by atoms with van der Waals surface area (Å²) in [6.45, 7) is 4.01. The molecule has 1 fully saturated rings. The molecule has 0 bridgehead atoms. The van der Waals surface area contributed by atoms with Gasteiger partial charge in [0.1, 0.15) is 0 Å². The molecular weight excluding hydrogens is 190 g/mol. The molecule has 0 aromatic rings. The van der Waals surface area contributed by atoms with Crippen LogP contribution in [0.15, 0.2) is 0 Å². The largest absolute Gasteiger partial charge is 0.384 e. The molecule has 2 unspecified atom stereocenters. The molecule has 1 saturated heterocycles. The van der Waals surface area contributed by atoms with Gasteiger partial charge in [0.15, 0.2) is 0 Å². The van der Waals surface area contributed by atoms with Gasteiger partial charge in [-0.3, -0.25) is 0 Å². The van der Waals surface area contributed by atoms with E-state index in [2.05, 4.69) is 11.0 Å². The zero-order chi connectivity index (χ0) is 11.1. The maximum absolute atomic E-state index is 8.59. The number of nitrogens with two attached hydrogens (primary N) is 1. The third kappa shape index (κ3) is 4.61. The van der Waals surface area contributed by atoms with Crippen molar-refractivity contribution in [2.75, 3.05) is 33.4 Å². The third-order valence-corrected chi connectivity index (χ3v) is 2.93. The van der Waals surface area contributed by atoms with Crippen LogP contribution in [0.4, 0.5) is 0 Å². The van der Waals surface area contributed by atoms with Crippen LogP contribution in [-0.4, -0.2) is 44.3 Å². The first-order valence-electron chi connectivity index (χ1n) is 5.62. The fraction of sp³-hybridized carbons (Fsp3) is 0.909. The lowest BCUT2D eigenvalue weighted by atomic mass is 9.98. The maximum Gasteiger partial charge on any atom is 0.0940 e. The highest BCUT2D eigenvalue weighted by Gasteiger charge is 2.19. The Kier molecular flexibility index (Phi) is 5.62. The van der Waals surface area contributed by atoms with Crippen LogP contribution in [0.3, 0.4) is 0 Å². The van der Waals surface area contributed by atoms with Crippen molar-refractivity contribution in [1.82, 2.24) is 4.90 Å². The van der Waals surface area contributed by atoms with Crippen LogP contribution >= 0.6 is 0 Å². The predicted octanol–water partition coefficient (Wildman–Crippen LogP) is 0.586. The standard InChI is InChI=1S/C11H21N3O/c1-15-9-10-3-2-5-14(8-10)6-4-11(13)7-12/h10-11H,2-6,8-9,13H2,1H3. The number of nitriles is 1. The molecule has 4 heteroatoms. The van der Waals surface area contributed by atoms with Crippen LogP contribution in [0.25, 0.3) is 0 Å². The number of nitrogens with zero attached hydrogens (tertiary/aromatic N) is 2. The summed E-state index contributed by atoms with van der Waals surface area (Å²) >= 11 is 0. The molecule has 0 aromatic heterocycles. The third-order valence-electron chi connectivity index (χ3n) is 2.93. The second-order valence-electron chi connectivity index (χ2n) is 4.29. The summed E-state index contributed by atoms with van der Waals surface area (Å²) in [5.41, 5.74) is 5.57. The number of piperidine rings is 1. The molecule has 1 heterocycles. The second kappa shape index (κ2) is 6.78. The van der Waals surface area contributed by atoms with Crippen molar-refractivity contribution in [2.45, 2.75) is 25.3 Å². The Bertz CT molecular complexity index is 212. The number of rotatable bonds is 5. The monoisotopic (exact) mass is 211 g/mol. The van der Waals surface area contributed by atoms with E-state index in [1.165, 1.54) is 12.8 Å². The molecule has 2 N–H and O–H groups in total. The minimum atomic E-state index is -0.312. The first kappa shape index (κ1) is 12.4. The summed E-state index contributed by atoms with van der Waals surface area (Å²) in [5.74, 6) is 0.655. The highest BCUT2D eigenvalue weighted by molar-refractivity contribution is 4.87. The minimum absolute atomic E-state index is 0.312. The van der Waals surface area contributed by atoms with Crippen LogP contribution < -0.4 is 5.73 Å². The average molecular weight is 211 g/mol. The Morgan fingerprint density at radius 2 is 2.47 bits per heavy atom. The van der Waals surface area contributed by atoms with Crippen LogP contribution in [-0.2, 0) is 4.74 Å². The summed E-state index contributed by atoms with van der Waals surface area (Å²) in [6.07, 6.45) is 3.26. The van der Waals surface area contributed by atoms with Gasteiger partial charge < -0.3 is 15.4 Å². The molecule has 0 aliphatic carbocycles. The number of methoxy groups -OCH3 is 1. The Labute approximate surface area is 92.0 Å². The molecule has 4 nitrogen and oxygen atoms in total. The van der Waals surface area contributed by atoms with E-state index in [1.807, 2.05) is 0 Å². The topological polar surface area (TPSA) is 62.3 Å². The van der Waals surface area contributed by atoms with Crippen molar-refractivity contribution in [3.8, 4) is 6.07 Å². The molecular formula is C11H21N3O. The lowest BCUT2D eigenvalue weighted by Crippen LogP contribution is -2.39. The summed E-state index contributed by atoms with van der Waals surface area (Å²) in [4.78, 5) is 2.39. The first-order chi connectivity index (χ1) is 7.26. The zero-order valence-corrected chi connectivity index (χ0v) is 9.48. The molecule has 86 valence electrons. The van der Waals surface area contributed by atoms with Gasteiger partial charge in [-0.15, -0.1) is 0 Å². The van der Waals surface area contributed by atoms with Crippen molar-refractivity contribution in [2.24, 2.45) is 11.7 Å². The molecule has 1 aliphatic heterocycles. The van der Waals surface area contributed by atoms with Gasteiger partial charge in [-0.05, 0) is 31.7 Å². The van der Waals surface area contributed by atoms with Crippen molar-refractivity contribution in [3.05, 3.63) is 0 Å². The van der Waals surface area contributed by atoms with E-state index in [1.54, 1.807) is 7.11 Å². The number of ether oxygens (including phenoxy) is 1. The van der Waals surface area contributed by atoms with Crippen molar-refractivity contribution < 1.29 is 4.74 Å². The van der Waals surface area contributed by atoms with Crippen molar-refractivity contribution in [3.63, 3.8) is 0 Å².